The highest BCUT2D eigenvalue weighted by Crippen LogP contribution is 2.21. The van der Waals surface area contributed by atoms with E-state index in [0.717, 1.165) is 11.1 Å². The van der Waals surface area contributed by atoms with Gasteiger partial charge in [0.25, 0.3) is 0 Å². The molecule has 0 aliphatic carbocycles. The van der Waals surface area contributed by atoms with E-state index in [-0.39, 0.29) is 36.7 Å². The quantitative estimate of drug-likeness (QED) is 0.339. The van der Waals surface area contributed by atoms with Crippen LogP contribution in [0.1, 0.15) is 58.0 Å². The number of nitrogens with zero attached hydrogens (tertiary/aromatic N) is 4. The van der Waals surface area contributed by atoms with Crippen LogP contribution >= 0.6 is 0 Å². The van der Waals surface area contributed by atoms with E-state index in [4.69, 9.17) is 9.47 Å². The van der Waals surface area contributed by atoms with E-state index in [9.17, 15) is 14.7 Å². The number of rotatable bonds is 10. The van der Waals surface area contributed by atoms with Crippen LogP contribution in [0.25, 0.3) is 0 Å². The Balaban J connectivity index is 1.30. The average molecular weight is 489 g/mol. The molecule has 36 heavy (non-hydrogen) atoms. The van der Waals surface area contributed by atoms with Gasteiger partial charge in [0, 0.05) is 0 Å². The minimum Gasteiger partial charge on any atom is -0.458 e. The fraction of sp³-hybridized carbons (Fsp3) is 0.259. The molecular weight excluding hydrogens is 460 g/mol. The third kappa shape index (κ3) is 5.69. The van der Waals surface area contributed by atoms with Crippen LogP contribution in [0.4, 0.5) is 0 Å². The molecule has 9 nitrogen and oxygen atoms in total. The van der Waals surface area contributed by atoms with Gasteiger partial charge in [0.1, 0.15) is 30.7 Å². The van der Waals surface area contributed by atoms with Crippen molar-refractivity contribution in [3.63, 3.8) is 0 Å². The van der Waals surface area contributed by atoms with Crippen LogP contribution < -0.4 is 0 Å². The number of carbonyl (C=O) groups is 2. The Morgan fingerprint density at radius 3 is 1.53 bits per heavy atom. The molecule has 2 aromatic carbocycles. The summed E-state index contributed by atoms with van der Waals surface area (Å²) in [5.41, 5.74) is 2.54. The molecule has 1 N–H and O–H groups in total. The molecule has 0 spiro atoms. The summed E-state index contributed by atoms with van der Waals surface area (Å²) >= 11 is 0. The van der Waals surface area contributed by atoms with Gasteiger partial charge in [-0.2, -0.15) is 0 Å². The van der Waals surface area contributed by atoms with Gasteiger partial charge in [-0.1, -0.05) is 60.7 Å². The zero-order chi connectivity index (χ0) is 25.5. The van der Waals surface area contributed by atoms with Crippen molar-refractivity contribution >= 4 is 11.9 Å². The molecule has 0 radical (unpaired) electrons. The highest BCUT2D eigenvalue weighted by Gasteiger charge is 2.22. The number of aliphatic hydroxyl groups excluding tert-OH is 1. The number of benzene rings is 2. The number of aromatic nitrogens is 4. The third-order valence-corrected chi connectivity index (χ3v) is 5.96. The first-order valence-electron chi connectivity index (χ1n) is 11.6. The molecule has 4 rings (SSSR count). The lowest BCUT2D eigenvalue weighted by Gasteiger charge is -2.18. The summed E-state index contributed by atoms with van der Waals surface area (Å²) in [7, 11) is 0. The van der Waals surface area contributed by atoms with Crippen molar-refractivity contribution in [2.75, 3.05) is 13.2 Å². The summed E-state index contributed by atoms with van der Waals surface area (Å²) in [6.07, 6.45) is 4.77. The number of hydrogen-bond acceptors (Lipinski definition) is 7. The maximum atomic E-state index is 12.6. The second-order valence-electron chi connectivity index (χ2n) is 8.40. The minimum absolute atomic E-state index is 0.134. The Morgan fingerprint density at radius 1 is 0.750 bits per heavy atom. The predicted octanol–water partition coefficient (Wildman–Crippen LogP) is 3.67. The highest BCUT2D eigenvalue weighted by atomic mass is 16.6. The van der Waals surface area contributed by atoms with Crippen molar-refractivity contribution in [2.45, 2.75) is 32.0 Å². The molecule has 0 aliphatic rings. The van der Waals surface area contributed by atoms with Crippen molar-refractivity contribution in [3.8, 4) is 0 Å². The van der Waals surface area contributed by atoms with Crippen LogP contribution in [0.15, 0.2) is 85.7 Å². The Bertz CT molecular complexity index is 1190. The van der Waals surface area contributed by atoms with E-state index in [0.29, 0.717) is 0 Å². The Morgan fingerprint density at radius 2 is 1.14 bits per heavy atom. The van der Waals surface area contributed by atoms with Crippen molar-refractivity contribution < 1.29 is 24.2 Å². The maximum absolute atomic E-state index is 12.6. The Labute approximate surface area is 209 Å². The molecule has 0 amide bonds. The topological polar surface area (TPSA) is 108 Å². The van der Waals surface area contributed by atoms with Crippen LogP contribution in [-0.4, -0.2) is 55.5 Å². The molecule has 4 aromatic rings. The second-order valence-corrected chi connectivity index (χ2v) is 8.40. The zero-order valence-electron chi connectivity index (χ0n) is 20.1. The van der Waals surface area contributed by atoms with Crippen LogP contribution in [0.2, 0.25) is 0 Å². The van der Waals surface area contributed by atoms with Crippen molar-refractivity contribution in [1.29, 1.82) is 0 Å². The molecule has 186 valence electrons. The third-order valence-electron chi connectivity index (χ3n) is 5.96. The molecule has 0 saturated carbocycles. The normalized spacial score (nSPS) is 12.8. The standard InChI is InChI=1S/C27H28N4O5/c1-19(21-9-5-3-6-10-21)30-17-28-13-24(30)26(33)35-15-23(32)16-36-27(34)25-14-29-18-31(25)20(2)22-11-7-4-8-12-22/h3-14,17-20,23,32H,15-16H2,1-2H3/t19-,20-/m1/s1. The Hall–Kier alpha value is -4.24. The van der Waals surface area contributed by atoms with Crippen molar-refractivity contribution in [1.82, 2.24) is 19.1 Å². The van der Waals surface area contributed by atoms with Crippen LogP contribution in [-0.2, 0) is 9.47 Å². The molecule has 0 unspecified atom stereocenters. The number of esters is 2. The predicted molar refractivity (Wildman–Crippen MR) is 132 cm³/mol. The maximum Gasteiger partial charge on any atom is 0.356 e. The molecule has 2 atom stereocenters. The molecule has 0 saturated heterocycles. The second kappa shape index (κ2) is 11.5. The van der Waals surface area contributed by atoms with E-state index in [1.54, 1.807) is 21.8 Å². The molecule has 9 heteroatoms. The molecular formula is C27H28N4O5. The lowest BCUT2D eigenvalue weighted by atomic mass is 10.1. The SMILES string of the molecule is C[C@H](c1ccccc1)n1cncc1C(=O)OCC(O)COC(=O)c1cncn1[C@H](C)c1ccccc1. The first-order chi connectivity index (χ1) is 17.5. The van der Waals surface area contributed by atoms with Gasteiger partial charge in [0.05, 0.1) is 37.1 Å². The fourth-order valence-corrected chi connectivity index (χ4v) is 3.87. The first kappa shape index (κ1) is 24.9. The number of ether oxygens (including phenoxy) is 2. The van der Waals surface area contributed by atoms with Crippen LogP contribution in [0.3, 0.4) is 0 Å². The van der Waals surface area contributed by atoms with E-state index < -0.39 is 18.0 Å². The van der Waals surface area contributed by atoms with E-state index in [1.807, 2.05) is 74.5 Å². The van der Waals surface area contributed by atoms with E-state index >= 15 is 0 Å². The number of hydrogen-bond donors (Lipinski definition) is 1. The molecule has 2 heterocycles. The molecule has 2 aromatic heterocycles. The summed E-state index contributed by atoms with van der Waals surface area (Å²) in [5, 5.41) is 10.3. The zero-order valence-corrected chi connectivity index (χ0v) is 20.1. The number of imidazole rings is 2. The molecule has 0 fully saturated rings. The monoisotopic (exact) mass is 488 g/mol. The minimum atomic E-state index is -1.19. The first-order valence-corrected chi connectivity index (χ1v) is 11.6. The molecule has 0 bridgehead atoms. The van der Waals surface area contributed by atoms with Gasteiger partial charge >= 0.3 is 11.9 Å². The summed E-state index contributed by atoms with van der Waals surface area (Å²) in [6, 6.07) is 19.1. The average Bonchev–Trinajstić information content (AvgIpc) is 3.61. The number of carbonyl (C=O) groups excluding carboxylic acids is 2. The summed E-state index contributed by atoms with van der Waals surface area (Å²) in [6.45, 7) is 3.23. The van der Waals surface area contributed by atoms with Gasteiger partial charge in [0.2, 0.25) is 0 Å². The van der Waals surface area contributed by atoms with Gasteiger partial charge in [-0.05, 0) is 25.0 Å². The van der Waals surface area contributed by atoms with Gasteiger partial charge in [-0.3, -0.25) is 0 Å². The van der Waals surface area contributed by atoms with E-state index in [1.165, 1.54) is 12.4 Å². The smallest absolute Gasteiger partial charge is 0.356 e. The summed E-state index contributed by atoms with van der Waals surface area (Å²) in [5.74, 6) is -1.26. The lowest BCUT2D eigenvalue weighted by Crippen LogP contribution is -2.27. The van der Waals surface area contributed by atoms with Crippen molar-refractivity contribution in [2.24, 2.45) is 0 Å². The Kier molecular flexibility index (Phi) is 7.92. The summed E-state index contributed by atoms with van der Waals surface area (Å²) in [4.78, 5) is 33.4. The van der Waals surface area contributed by atoms with Gasteiger partial charge in [-0.15, -0.1) is 0 Å². The highest BCUT2D eigenvalue weighted by molar-refractivity contribution is 5.88. The van der Waals surface area contributed by atoms with Gasteiger partial charge in [-0.25, -0.2) is 19.6 Å². The number of aliphatic hydroxyl groups is 1. The summed E-state index contributed by atoms with van der Waals surface area (Å²) < 4.78 is 13.9. The van der Waals surface area contributed by atoms with Gasteiger partial charge in [0.15, 0.2) is 0 Å². The van der Waals surface area contributed by atoms with Crippen LogP contribution in [0.5, 0.6) is 0 Å². The van der Waals surface area contributed by atoms with Gasteiger partial charge < -0.3 is 23.7 Å². The van der Waals surface area contributed by atoms with Crippen LogP contribution in [0, 0.1) is 0 Å². The lowest BCUT2D eigenvalue weighted by molar-refractivity contribution is -0.00570. The fourth-order valence-electron chi connectivity index (χ4n) is 3.87. The van der Waals surface area contributed by atoms with E-state index in [2.05, 4.69) is 9.97 Å². The molecule has 0 aliphatic heterocycles. The largest absolute Gasteiger partial charge is 0.458 e. The van der Waals surface area contributed by atoms with Crippen molar-refractivity contribution in [3.05, 3.63) is 108 Å².